The second-order valence-electron chi connectivity index (χ2n) is 8.95. The molecule has 0 bridgehead atoms. The number of carbonyl (C=O) groups excluding carboxylic acids is 2. The minimum absolute atomic E-state index is 0.0245. The summed E-state index contributed by atoms with van der Waals surface area (Å²) < 4.78 is 0. The summed E-state index contributed by atoms with van der Waals surface area (Å²) in [6.07, 6.45) is 3.76. The molecular formula is C25H23N3O2. The monoisotopic (exact) mass is 397 g/mol. The summed E-state index contributed by atoms with van der Waals surface area (Å²) in [6.45, 7) is 7.49. The lowest BCUT2D eigenvalue weighted by atomic mass is 9.82. The predicted octanol–water partition coefficient (Wildman–Crippen LogP) is 4.41. The number of carbonyl (C=O) groups is 2. The maximum absolute atomic E-state index is 11.7. The van der Waals surface area contributed by atoms with Crippen LogP contribution in [0.25, 0.3) is 22.3 Å². The van der Waals surface area contributed by atoms with E-state index >= 15 is 0 Å². The van der Waals surface area contributed by atoms with E-state index in [-0.39, 0.29) is 17.2 Å². The van der Waals surface area contributed by atoms with Gasteiger partial charge in [-0.2, -0.15) is 0 Å². The number of anilines is 2. The highest BCUT2D eigenvalue weighted by Crippen LogP contribution is 2.37. The molecule has 0 aliphatic carbocycles. The molecule has 2 aliphatic rings. The molecule has 0 N–H and O–H groups in total. The Morgan fingerprint density at radius 3 is 1.80 bits per heavy atom. The van der Waals surface area contributed by atoms with Crippen molar-refractivity contribution in [1.82, 2.24) is 4.98 Å². The first kappa shape index (κ1) is 18.6. The minimum atomic E-state index is 0.0245. The van der Waals surface area contributed by atoms with E-state index in [9.17, 15) is 9.59 Å². The quantitative estimate of drug-likeness (QED) is 0.613. The van der Waals surface area contributed by atoms with Gasteiger partial charge in [-0.05, 0) is 51.9 Å². The third kappa shape index (κ3) is 3.36. The van der Waals surface area contributed by atoms with Crippen molar-refractivity contribution in [2.75, 3.05) is 22.9 Å². The zero-order valence-electron chi connectivity index (χ0n) is 17.3. The van der Waals surface area contributed by atoms with Gasteiger partial charge in [0.15, 0.2) is 0 Å². The van der Waals surface area contributed by atoms with E-state index in [1.807, 2.05) is 30.6 Å². The minimum Gasteiger partial charge on any atom is -0.301 e. The van der Waals surface area contributed by atoms with E-state index in [0.717, 1.165) is 33.6 Å². The lowest BCUT2D eigenvalue weighted by molar-refractivity contribution is -0.110. The molecule has 5 nitrogen and oxygen atoms in total. The molecule has 2 amide bonds. The first-order valence-electron chi connectivity index (χ1n) is 10.1. The van der Waals surface area contributed by atoms with Crippen molar-refractivity contribution in [2.24, 2.45) is 0 Å². The Bertz CT molecular complexity index is 1140. The smallest absolute Gasteiger partial charge is 0.247 e. The average molecular weight is 397 g/mol. The number of rotatable bonds is 4. The average Bonchev–Trinajstić information content (AvgIpc) is 3.65. The highest BCUT2D eigenvalue weighted by molar-refractivity contribution is 6.15. The molecule has 2 aliphatic heterocycles. The fourth-order valence-corrected chi connectivity index (χ4v) is 3.86. The van der Waals surface area contributed by atoms with E-state index < -0.39 is 0 Å². The molecule has 30 heavy (non-hydrogen) atoms. The van der Waals surface area contributed by atoms with Crippen LogP contribution in [0.3, 0.4) is 0 Å². The van der Waals surface area contributed by atoms with Crippen LogP contribution in [0.15, 0.2) is 60.9 Å². The van der Waals surface area contributed by atoms with E-state index in [1.165, 1.54) is 5.56 Å². The second kappa shape index (κ2) is 6.52. The summed E-state index contributed by atoms with van der Waals surface area (Å²) in [5.74, 6) is 0.216. The van der Waals surface area contributed by atoms with E-state index in [1.54, 1.807) is 9.80 Å². The van der Waals surface area contributed by atoms with Crippen molar-refractivity contribution in [3.05, 3.63) is 66.5 Å². The maximum atomic E-state index is 11.7. The molecule has 0 spiro atoms. The van der Waals surface area contributed by atoms with Gasteiger partial charge in [-0.15, -0.1) is 0 Å². The summed E-state index contributed by atoms with van der Waals surface area (Å²) >= 11 is 0. The molecule has 3 aromatic rings. The highest BCUT2D eigenvalue weighted by Gasteiger charge is 2.35. The zero-order valence-corrected chi connectivity index (χ0v) is 17.3. The number of pyridine rings is 1. The van der Waals surface area contributed by atoms with Crippen LogP contribution in [0.5, 0.6) is 0 Å². The first-order chi connectivity index (χ1) is 14.3. The molecular weight excluding hydrogens is 374 g/mol. The van der Waals surface area contributed by atoms with Gasteiger partial charge >= 0.3 is 0 Å². The van der Waals surface area contributed by atoms with Crippen LogP contribution in [-0.4, -0.2) is 29.9 Å². The number of benzene rings is 2. The number of amides is 2. The Morgan fingerprint density at radius 1 is 0.767 bits per heavy atom. The molecule has 0 unspecified atom stereocenters. The zero-order chi connectivity index (χ0) is 21.0. The second-order valence-corrected chi connectivity index (χ2v) is 8.95. The van der Waals surface area contributed by atoms with Crippen LogP contribution in [-0.2, 0) is 15.0 Å². The van der Waals surface area contributed by atoms with Gasteiger partial charge in [0, 0.05) is 29.3 Å². The van der Waals surface area contributed by atoms with Crippen molar-refractivity contribution >= 4 is 23.2 Å². The number of aromatic nitrogens is 1. The van der Waals surface area contributed by atoms with Gasteiger partial charge in [-0.1, -0.05) is 45.0 Å². The molecule has 2 aromatic carbocycles. The van der Waals surface area contributed by atoms with Crippen molar-refractivity contribution in [1.29, 1.82) is 0 Å². The molecule has 2 saturated heterocycles. The Kier molecular flexibility index (Phi) is 4.03. The van der Waals surface area contributed by atoms with Gasteiger partial charge in [-0.3, -0.25) is 14.6 Å². The molecule has 2 fully saturated rings. The Morgan fingerprint density at radius 2 is 1.30 bits per heavy atom. The van der Waals surface area contributed by atoms with Crippen LogP contribution in [0.2, 0.25) is 0 Å². The van der Waals surface area contributed by atoms with Crippen molar-refractivity contribution in [3.8, 4) is 22.3 Å². The molecule has 3 heterocycles. The highest BCUT2D eigenvalue weighted by atomic mass is 16.2. The SMILES string of the molecule is CC(C)(C)c1ccncc1-c1ccc(-c2cc(N3CC3=O)cc(N3CC3=O)c2)cc1. The lowest BCUT2D eigenvalue weighted by Gasteiger charge is -2.22. The number of hydrogen-bond donors (Lipinski definition) is 0. The standard InChI is InChI=1S/C25H23N3O2/c1-25(2,3)22-8-9-26-13-21(22)17-6-4-16(5-7-17)18-10-19(27-14-23(27)29)12-20(11-18)28-15-24(28)30/h4-13H,14-15H2,1-3H3. The van der Waals surface area contributed by atoms with E-state index in [4.69, 9.17) is 0 Å². The van der Waals surface area contributed by atoms with E-state index in [0.29, 0.717) is 13.1 Å². The molecule has 0 atom stereocenters. The molecule has 5 rings (SSSR count). The van der Waals surface area contributed by atoms with Gasteiger partial charge < -0.3 is 9.80 Å². The van der Waals surface area contributed by atoms with E-state index in [2.05, 4.69) is 56.1 Å². The van der Waals surface area contributed by atoms with Crippen LogP contribution >= 0.6 is 0 Å². The normalized spacial score (nSPS) is 15.6. The number of nitrogens with zero attached hydrogens (tertiary/aromatic N) is 3. The molecule has 1 aromatic heterocycles. The Labute approximate surface area is 176 Å². The first-order valence-corrected chi connectivity index (χ1v) is 10.1. The molecule has 0 radical (unpaired) electrons. The summed E-state index contributed by atoms with van der Waals surface area (Å²) in [6, 6.07) is 16.4. The molecule has 0 saturated carbocycles. The van der Waals surface area contributed by atoms with Crippen LogP contribution in [0.1, 0.15) is 26.3 Å². The summed E-state index contributed by atoms with van der Waals surface area (Å²) in [4.78, 5) is 31.1. The van der Waals surface area contributed by atoms with Crippen molar-refractivity contribution in [3.63, 3.8) is 0 Å². The third-order valence-corrected chi connectivity index (χ3v) is 5.67. The van der Waals surface area contributed by atoms with Crippen LogP contribution in [0.4, 0.5) is 11.4 Å². The fraction of sp³-hybridized carbons (Fsp3) is 0.240. The van der Waals surface area contributed by atoms with Gasteiger partial charge in [-0.25, -0.2) is 0 Å². The van der Waals surface area contributed by atoms with Crippen LogP contribution < -0.4 is 9.80 Å². The third-order valence-electron chi connectivity index (χ3n) is 5.67. The Hall–Kier alpha value is -3.47. The summed E-state index contributed by atoms with van der Waals surface area (Å²) in [5.41, 5.74) is 7.27. The van der Waals surface area contributed by atoms with Gasteiger partial charge in [0.2, 0.25) is 11.8 Å². The predicted molar refractivity (Wildman–Crippen MR) is 119 cm³/mol. The maximum Gasteiger partial charge on any atom is 0.247 e. The van der Waals surface area contributed by atoms with Gasteiger partial charge in [0.05, 0.1) is 0 Å². The van der Waals surface area contributed by atoms with Gasteiger partial charge in [0.1, 0.15) is 13.1 Å². The number of hydrogen-bond acceptors (Lipinski definition) is 3. The van der Waals surface area contributed by atoms with Gasteiger partial charge in [0.25, 0.3) is 0 Å². The summed E-state index contributed by atoms with van der Waals surface area (Å²) in [5, 5.41) is 0. The summed E-state index contributed by atoms with van der Waals surface area (Å²) in [7, 11) is 0. The Balaban J connectivity index is 1.52. The largest absolute Gasteiger partial charge is 0.301 e. The lowest BCUT2D eigenvalue weighted by Crippen LogP contribution is -2.12. The van der Waals surface area contributed by atoms with Crippen molar-refractivity contribution < 1.29 is 9.59 Å². The molecule has 150 valence electrons. The van der Waals surface area contributed by atoms with Crippen molar-refractivity contribution in [2.45, 2.75) is 26.2 Å². The fourth-order valence-electron chi connectivity index (χ4n) is 3.86. The molecule has 5 heteroatoms. The van der Waals surface area contributed by atoms with Crippen LogP contribution in [0, 0.1) is 0 Å². The topological polar surface area (TPSA) is 53.0 Å².